The van der Waals surface area contributed by atoms with Crippen LogP contribution in [0.1, 0.15) is 20.3 Å². The molecule has 3 aliphatic rings. The molecule has 0 spiro atoms. The highest BCUT2D eigenvalue weighted by Gasteiger charge is 2.57. The normalized spacial score (nSPS) is 33.5. The van der Waals surface area contributed by atoms with Gasteiger partial charge in [0.15, 0.2) is 0 Å². The van der Waals surface area contributed by atoms with Gasteiger partial charge in [-0.15, -0.1) is 0 Å². The molecule has 0 aromatic rings. The fourth-order valence-electron chi connectivity index (χ4n) is 3.37. The van der Waals surface area contributed by atoms with Crippen LogP contribution in [0.2, 0.25) is 0 Å². The molecule has 0 unspecified atom stereocenters. The fraction of sp³-hybridized carbons (Fsp3) is 0.615. The largest absolute Gasteiger partial charge is 0.477 e. The molecule has 0 bridgehead atoms. The van der Waals surface area contributed by atoms with Crippen LogP contribution in [0.15, 0.2) is 16.3 Å². The van der Waals surface area contributed by atoms with Gasteiger partial charge in [-0.2, -0.15) is 0 Å². The molecule has 0 aromatic heterocycles. The second kappa shape index (κ2) is 4.31. The molecule has 1 amide bonds. The molecule has 1 fully saturated rings. The van der Waals surface area contributed by atoms with Crippen LogP contribution in [-0.2, 0) is 9.59 Å². The number of carboxylic acids is 1. The molecule has 0 aliphatic carbocycles. The van der Waals surface area contributed by atoms with Crippen LogP contribution in [-0.4, -0.2) is 57.6 Å². The first-order valence-corrected chi connectivity index (χ1v) is 6.67. The molecule has 3 rings (SSSR count). The number of hydrogen-bond donors (Lipinski definition) is 3. The van der Waals surface area contributed by atoms with Crippen molar-refractivity contribution in [2.24, 2.45) is 10.9 Å². The summed E-state index contributed by atoms with van der Waals surface area (Å²) in [5, 5.41) is 22.1. The van der Waals surface area contributed by atoms with Crippen LogP contribution in [0.3, 0.4) is 0 Å². The molecule has 20 heavy (non-hydrogen) atoms. The van der Waals surface area contributed by atoms with E-state index in [0.29, 0.717) is 18.5 Å². The lowest BCUT2D eigenvalue weighted by Gasteiger charge is -2.44. The Kier molecular flexibility index (Phi) is 2.82. The number of amides is 1. The molecule has 1 saturated heterocycles. The van der Waals surface area contributed by atoms with E-state index in [9.17, 15) is 19.8 Å². The molecule has 0 radical (unpaired) electrons. The van der Waals surface area contributed by atoms with Crippen LogP contribution in [0, 0.1) is 5.92 Å². The highest BCUT2D eigenvalue weighted by molar-refractivity contribution is 6.00. The Morgan fingerprint density at radius 2 is 2.25 bits per heavy atom. The van der Waals surface area contributed by atoms with Crippen molar-refractivity contribution in [1.29, 1.82) is 0 Å². The average molecular weight is 279 g/mol. The maximum Gasteiger partial charge on any atom is 0.352 e. The summed E-state index contributed by atoms with van der Waals surface area (Å²) in [4.78, 5) is 29.2. The Labute approximate surface area is 116 Å². The number of carbonyl (C=O) groups excluding carboxylic acids is 1. The summed E-state index contributed by atoms with van der Waals surface area (Å²) >= 11 is 0. The quantitative estimate of drug-likeness (QED) is 0.594. The van der Waals surface area contributed by atoms with Gasteiger partial charge in [-0.05, 0) is 25.8 Å². The minimum Gasteiger partial charge on any atom is -0.477 e. The van der Waals surface area contributed by atoms with Crippen molar-refractivity contribution in [3.8, 4) is 0 Å². The van der Waals surface area contributed by atoms with E-state index >= 15 is 0 Å². The number of aliphatic imine (C=N–C) groups is 1. The number of aliphatic hydroxyl groups is 1. The van der Waals surface area contributed by atoms with E-state index in [0.717, 1.165) is 5.84 Å². The Morgan fingerprint density at radius 3 is 2.75 bits per heavy atom. The smallest absolute Gasteiger partial charge is 0.352 e. The lowest BCUT2D eigenvalue weighted by molar-refractivity contribution is -0.161. The van der Waals surface area contributed by atoms with Crippen molar-refractivity contribution in [1.82, 2.24) is 10.2 Å². The van der Waals surface area contributed by atoms with Crippen molar-refractivity contribution >= 4 is 17.7 Å². The number of hydrogen-bond acceptors (Lipinski definition) is 5. The Morgan fingerprint density at radius 1 is 1.55 bits per heavy atom. The van der Waals surface area contributed by atoms with Gasteiger partial charge >= 0.3 is 5.97 Å². The number of amidine groups is 1. The molecule has 7 nitrogen and oxygen atoms in total. The molecule has 3 aliphatic heterocycles. The molecular weight excluding hydrogens is 262 g/mol. The number of carbonyl (C=O) groups is 2. The maximum absolute atomic E-state index is 12.0. The van der Waals surface area contributed by atoms with Crippen LogP contribution in [0.5, 0.6) is 0 Å². The Bertz CT molecular complexity index is 552. The zero-order chi connectivity index (χ0) is 14.6. The van der Waals surface area contributed by atoms with Crippen molar-refractivity contribution in [2.75, 3.05) is 6.54 Å². The Hall–Kier alpha value is -1.89. The standard InChI is InChI=1S/C13H17N3O4/c1-5(17)10-9-3-7(8-4-14-6(2)15-8)11(13(19)20)16(9)12(10)18/h5,8-10,17H,3-4H2,1-2H3,(H,14,15)(H,19,20)/t5-,8-,9-,10-/m1/s1. The summed E-state index contributed by atoms with van der Waals surface area (Å²) in [6.07, 6.45) is -0.281. The van der Waals surface area contributed by atoms with Gasteiger partial charge in [0.25, 0.3) is 0 Å². The van der Waals surface area contributed by atoms with Crippen LogP contribution in [0.25, 0.3) is 0 Å². The molecule has 3 N–H and O–H groups in total. The van der Waals surface area contributed by atoms with Gasteiger partial charge in [0, 0.05) is 6.54 Å². The van der Waals surface area contributed by atoms with E-state index in [4.69, 9.17) is 0 Å². The summed E-state index contributed by atoms with van der Waals surface area (Å²) in [5.41, 5.74) is 0.741. The van der Waals surface area contributed by atoms with E-state index in [1.807, 2.05) is 6.92 Å². The van der Waals surface area contributed by atoms with Gasteiger partial charge in [0.05, 0.1) is 29.9 Å². The van der Waals surface area contributed by atoms with Crippen LogP contribution >= 0.6 is 0 Å². The third-order valence-corrected chi connectivity index (χ3v) is 4.27. The first-order valence-electron chi connectivity index (χ1n) is 6.67. The van der Waals surface area contributed by atoms with Gasteiger partial charge in [-0.3, -0.25) is 9.79 Å². The fourth-order valence-corrected chi connectivity index (χ4v) is 3.37. The molecule has 0 aromatic carbocycles. The second-order valence-corrected chi connectivity index (χ2v) is 5.54. The number of aliphatic hydroxyl groups excluding tert-OH is 1. The zero-order valence-electron chi connectivity index (χ0n) is 11.3. The van der Waals surface area contributed by atoms with Gasteiger partial charge in [0.2, 0.25) is 5.91 Å². The molecule has 7 heteroatoms. The third kappa shape index (κ3) is 1.66. The predicted octanol–water partition coefficient (Wildman–Crippen LogP) is -0.673. The molecule has 0 saturated carbocycles. The minimum atomic E-state index is -1.10. The number of nitrogens with one attached hydrogen (secondary N) is 1. The number of fused-ring (bicyclic) bond motifs is 1. The average Bonchev–Trinajstić information content (AvgIpc) is 2.90. The van der Waals surface area contributed by atoms with Crippen molar-refractivity contribution in [3.05, 3.63) is 11.3 Å². The summed E-state index contributed by atoms with van der Waals surface area (Å²) in [5.74, 6) is -1.12. The number of aliphatic carboxylic acids is 1. The van der Waals surface area contributed by atoms with E-state index < -0.39 is 18.0 Å². The molecular formula is C13H17N3O4. The molecule has 3 heterocycles. The number of carboxylic acid groups (broad SMARTS) is 1. The Balaban J connectivity index is 1.94. The molecule has 108 valence electrons. The number of rotatable bonds is 3. The SMILES string of the molecule is CC1=N[C@@H](C2=C(C(=O)O)N3C(=O)[C@H]([C@@H](C)O)[C@H]3C2)CN1. The van der Waals surface area contributed by atoms with Crippen LogP contribution < -0.4 is 5.32 Å². The maximum atomic E-state index is 12.0. The first-order chi connectivity index (χ1) is 9.41. The van der Waals surface area contributed by atoms with Gasteiger partial charge < -0.3 is 20.4 Å². The van der Waals surface area contributed by atoms with Gasteiger partial charge in [-0.25, -0.2) is 4.79 Å². The third-order valence-electron chi connectivity index (χ3n) is 4.27. The summed E-state index contributed by atoms with van der Waals surface area (Å²) in [6.45, 7) is 3.96. The van der Waals surface area contributed by atoms with E-state index in [1.165, 1.54) is 4.90 Å². The minimum absolute atomic E-state index is 0.0575. The number of β-lactam (4-membered cyclic amide) rings is 1. The lowest BCUT2D eigenvalue weighted by Crippen LogP contribution is -2.61. The summed E-state index contributed by atoms with van der Waals surface area (Å²) < 4.78 is 0. The van der Waals surface area contributed by atoms with Gasteiger partial charge in [0.1, 0.15) is 5.70 Å². The topological polar surface area (TPSA) is 102 Å². The summed E-state index contributed by atoms with van der Waals surface area (Å²) in [6, 6.07) is -0.464. The van der Waals surface area contributed by atoms with Crippen LogP contribution in [0.4, 0.5) is 0 Å². The van der Waals surface area contributed by atoms with Crippen molar-refractivity contribution < 1.29 is 19.8 Å². The lowest BCUT2D eigenvalue weighted by atomic mass is 9.82. The van der Waals surface area contributed by atoms with Crippen molar-refractivity contribution in [3.63, 3.8) is 0 Å². The number of nitrogens with zero attached hydrogens (tertiary/aromatic N) is 2. The van der Waals surface area contributed by atoms with Gasteiger partial charge in [-0.1, -0.05) is 0 Å². The second-order valence-electron chi connectivity index (χ2n) is 5.54. The van der Waals surface area contributed by atoms with E-state index in [-0.39, 0.29) is 23.7 Å². The predicted molar refractivity (Wildman–Crippen MR) is 70.0 cm³/mol. The van der Waals surface area contributed by atoms with E-state index in [1.54, 1.807) is 6.92 Å². The van der Waals surface area contributed by atoms with E-state index in [2.05, 4.69) is 10.3 Å². The molecule has 4 atom stereocenters. The summed E-state index contributed by atoms with van der Waals surface area (Å²) in [7, 11) is 0. The zero-order valence-corrected chi connectivity index (χ0v) is 11.3. The highest BCUT2D eigenvalue weighted by atomic mass is 16.4. The monoisotopic (exact) mass is 279 g/mol. The first kappa shape index (κ1) is 13.1. The van der Waals surface area contributed by atoms with Crippen molar-refractivity contribution in [2.45, 2.75) is 38.5 Å². The highest BCUT2D eigenvalue weighted by Crippen LogP contribution is 2.45.